The molecule has 0 atom stereocenters. The molecule has 0 bridgehead atoms. The first-order valence-corrected chi connectivity index (χ1v) is 4.93. The van der Waals surface area contributed by atoms with Crippen molar-refractivity contribution >= 4 is 32.5 Å². The number of fused-ring (bicyclic) bond motifs is 1. The Kier molecular flexibility index (Phi) is 2.07. The molecule has 1 aromatic heterocycles. The molecule has 4 heteroatoms. The molecule has 0 radical (unpaired) electrons. The molecule has 0 aliphatic carbocycles. The van der Waals surface area contributed by atoms with Gasteiger partial charge in [0, 0.05) is 11.1 Å². The summed E-state index contributed by atoms with van der Waals surface area (Å²) in [5, 5.41) is 10.4. The second-order valence-corrected chi connectivity index (χ2v) is 3.94. The minimum Gasteiger partial charge on any atom is -0.492 e. The van der Waals surface area contributed by atoms with Crippen molar-refractivity contribution in [3.63, 3.8) is 0 Å². The summed E-state index contributed by atoms with van der Waals surface area (Å²) in [4.78, 5) is 4.03. The number of hydrogen-bond acceptors (Lipinski definition) is 3. The summed E-state index contributed by atoms with van der Waals surface area (Å²) in [6.07, 6.45) is 0. The lowest BCUT2D eigenvalue weighted by Crippen LogP contribution is -1.89. The fraction of sp³-hybridized carbons (Fsp3) is 0.100. The molecule has 1 heterocycles. The molecule has 3 nitrogen and oxygen atoms in total. The third kappa shape index (κ3) is 1.32. The normalized spacial score (nSPS) is 10.7. The number of benzene rings is 1. The van der Waals surface area contributed by atoms with Gasteiger partial charge in [-0.3, -0.25) is 0 Å². The van der Waals surface area contributed by atoms with Gasteiger partial charge < -0.3 is 10.8 Å². The van der Waals surface area contributed by atoms with Crippen LogP contribution >= 0.6 is 15.9 Å². The van der Waals surface area contributed by atoms with Gasteiger partial charge in [-0.2, -0.15) is 0 Å². The van der Waals surface area contributed by atoms with Gasteiger partial charge in [0.25, 0.3) is 0 Å². The summed E-state index contributed by atoms with van der Waals surface area (Å²) in [7, 11) is 0. The van der Waals surface area contributed by atoms with Gasteiger partial charge in [0.1, 0.15) is 0 Å². The molecule has 14 heavy (non-hydrogen) atoms. The fourth-order valence-corrected chi connectivity index (χ4v) is 1.70. The summed E-state index contributed by atoms with van der Waals surface area (Å²) in [6.45, 7) is 1.91. The van der Waals surface area contributed by atoms with Gasteiger partial charge in [0.2, 0.25) is 5.88 Å². The Labute approximate surface area is 89.7 Å². The van der Waals surface area contributed by atoms with Crippen LogP contribution < -0.4 is 5.73 Å². The van der Waals surface area contributed by atoms with E-state index in [2.05, 4.69) is 20.9 Å². The van der Waals surface area contributed by atoms with Gasteiger partial charge in [-0.05, 0) is 46.6 Å². The second-order valence-electron chi connectivity index (χ2n) is 3.15. The number of nitrogens with zero attached hydrogens (tertiary/aromatic N) is 1. The van der Waals surface area contributed by atoms with Crippen LogP contribution in [0.1, 0.15) is 5.56 Å². The molecule has 0 unspecified atom stereocenters. The Morgan fingerprint density at radius 3 is 2.86 bits per heavy atom. The van der Waals surface area contributed by atoms with Crippen LogP contribution in [0.15, 0.2) is 22.7 Å². The van der Waals surface area contributed by atoms with Crippen molar-refractivity contribution in [2.45, 2.75) is 6.92 Å². The first-order chi connectivity index (χ1) is 6.59. The average molecular weight is 253 g/mol. The van der Waals surface area contributed by atoms with Crippen molar-refractivity contribution < 1.29 is 5.11 Å². The Morgan fingerprint density at radius 2 is 2.14 bits per heavy atom. The molecule has 0 spiro atoms. The molecular formula is C10H9BrN2O. The topological polar surface area (TPSA) is 59.1 Å². The third-order valence-electron chi connectivity index (χ3n) is 2.18. The summed E-state index contributed by atoms with van der Waals surface area (Å²) in [6, 6.07) is 5.41. The van der Waals surface area contributed by atoms with E-state index in [9.17, 15) is 5.11 Å². The molecule has 3 N–H and O–H groups in total. The standard InChI is InChI=1S/C10H9BrN2O/c1-5-7-4-6(12)2-3-8(7)13-10(14)9(5)11/h2-4H,12H2,1H3,(H,13,14). The average Bonchev–Trinajstić information content (AvgIpc) is 2.16. The van der Waals surface area contributed by atoms with Crippen molar-refractivity contribution in [1.82, 2.24) is 4.98 Å². The molecule has 2 rings (SSSR count). The highest BCUT2D eigenvalue weighted by atomic mass is 79.9. The SMILES string of the molecule is Cc1c(Br)c(O)nc2ccc(N)cc12. The van der Waals surface area contributed by atoms with Crippen LogP contribution in [0.4, 0.5) is 5.69 Å². The van der Waals surface area contributed by atoms with Crippen molar-refractivity contribution in [3.05, 3.63) is 28.2 Å². The number of rotatable bonds is 0. The van der Waals surface area contributed by atoms with Crippen LogP contribution in [-0.2, 0) is 0 Å². The number of aromatic hydroxyl groups is 1. The summed E-state index contributed by atoms with van der Waals surface area (Å²) >= 11 is 3.27. The van der Waals surface area contributed by atoms with Crippen molar-refractivity contribution in [2.75, 3.05) is 5.73 Å². The van der Waals surface area contributed by atoms with Gasteiger partial charge in [-0.1, -0.05) is 0 Å². The highest BCUT2D eigenvalue weighted by Gasteiger charge is 2.08. The fourth-order valence-electron chi connectivity index (χ4n) is 1.40. The van der Waals surface area contributed by atoms with E-state index >= 15 is 0 Å². The maximum Gasteiger partial charge on any atom is 0.226 e. The van der Waals surface area contributed by atoms with Gasteiger partial charge in [-0.25, -0.2) is 4.98 Å². The molecule has 0 saturated carbocycles. The lowest BCUT2D eigenvalue weighted by Gasteiger charge is -2.06. The highest BCUT2D eigenvalue weighted by molar-refractivity contribution is 9.10. The van der Waals surface area contributed by atoms with E-state index in [-0.39, 0.29) is 5.88 Å². The van der Waals surface area contributed by atoms with Crippen LogP contribution in [0.2, 0.25) is 0 Å². The smallest absolute Gasteiger partial charge is 0.226 e. The Bertz CT molecular complexity index is 511. The molecule has 0 fully saturated rings. The van der Waals surface area contributed by atoms with Crippen molar-refractivity contribution in [1.29, 1.82) is 0 Å². The summed E-state index contributed by atoms with van der Waals surface area (Å²) < 4.78 is 0.621. The molecule has 0 saturated heterocycles. The number of aryl methyl sites for hydroxylation is 1. The van der Waals surface area contributed by atoms with Crippen LogP contribution in [0.5, 0.6) is 5.88 Å². The predicted octanol–water partition coefficient (Wildman–Crippen LogP) is 2.59. The Balaban J connectivity index is 2.92. The van der Waals surface area contributed by atoms with Crippen LogP contribution in [-0.4, -0.2) is 10.1 Å². The third-order valence-corrected chi connectivity index (χ3v) is 3.13. The minimum atomic E-state index is 0.0137. The van der Waals surface area contributed by atoms with E-state index in [1.54, 1.807) is 12.1 Å². The van der Waals surface area contributed by atoms with E-state index < -0.39 is 0 Å². The number of anilines is 1. The number of nitrogen functional groups attached to an aromatic ring is 1. The minimum absolute atomic E-state index is 0.0137. The second kappa shape index (κ2) is 3.13. The van der Waals surface area contributed by atoms with Crippen LogP contribution in [0.25, 0.3) is 10.9 Å². The first kappa shape index (κ1) is 9.27. The zero-order valence-corrected chi connectivity index (χ0v) is 9.17. The van der Waals surface area contributed by atoms with E-state index in [1.807, 2.05) is 13.0 Å². The van der Waals surface area contributed by atoms with E-state index in [4.69, 9.17) is 5.73 Å². The Morgan fingerprint density at radius 1 is 1.43 bits per heavy atom. The monoisotopic (exact) mass is 252 g/mol. The van der Waals surface area contributed by atoms with E-state index in [0.29, 0.717) is 10.2 Å². The van der Waals surface area contributed by atoms with Gasteiger partial charge in [-0.15, -0.1) is 0 Å². The zero-order chi connectivity index (χ0) is 10.3. The summed E-state index contributed by atoms with van der Waals surface area (Å²) in [5.41, 5.74) is 8.06. The molecule has 0 amide bonds. The van der Waals surface area contributed by atoms with E-state index in [0.717, 1.165) is 16.5 Å². The number of hydrogen-bond donors (Lipinski definition) is 2. The lowest BCUT2D eigenvalue weighted by atomic mass is 10.1. The quantitative estimate of drug-likeness (QED) is 0.709. The number of nitrogens with two attached hydrogens (primary N) is 1. The molecular weight excluding hydrogens is 244 g/mol. The van der Waals surface area contributed by atoms with Crippen molar-refractivity contribution in [2.24, 2.45) is 0 Å². The largest absolute Gasteiger partial charge is 0.492 e. The molecule has 0 aliphatic rings. The van der Waals surface area contributed by atoms with Crippen LogP contribution in [0.3, 0.4) is 0 Å². The maximum absolute atomic E-state index is 9.48. The molecule has 1 aromatic carbocycles. The number of halogens is 1. The van der Waals surface area contributed by atoms with Gasteiger partial charge in [0.05, 0.1) is 9.99 Å². The highest BCUT2D eigenvalue weighted by Crippen LogP contribution is 2.31. The van der Waals surface area contributed by atoms with E-state index in [1.165, 1.54) is 0 Å². The Hall–Kier alpha value is -1.29. The van der Waals surface area contributed by atoms with Gasteiger partial charge in [0.15, 0.2) is 0 Å². The molecule has 0 aliphatic heterocycles. The van der Waals surface area contributed by atoms with Gasteiger partial charge >= 0.3 is 0 Å². The van der Waals surface area contributed by atoms with Crippen LogP contribution in [0, 0.1) is 6.92 Å². The number of aromatic nitrogens is 1. The number of pyridine rings is 1. The maximum atomic E-state index is 9.48. The first-order valence-electron chi connectivity index (χ1n) is 4.14. The molecule has 72 valence electrons. The van der Waals surface area contributed by atoms with Crippen molar-refractivity contribution in [3.8, 4) is 5.88 Å². The lowest BCUT2D eigenvalue weighted by molar-refractivity contribution is 0.452. The zero-order valence-electron chi connectivity index (χ0n) is 7.58. The summed E-state index contributed by atoms with van der Waals surface area (Å²) in [5.74, 6) is 0.0137. The molecule has 2 aromatic rings. The predicted molar refractivity (Wildman–Crippen MR) is 60.3 cm³/mol.